The Morgan fingerprint density at radius 1 is 1.29 bits per heavy atom. The number of ketones is 2. The van der Waals surface area contributed by atoms with Crippen molar-refractivity contribution >= 4 is 17.5 Å². The highest BCUT2D eigenvalue weighted by Crippen LogP contribution is 2.54. The van der Waals surface area contributed by atoms with E-state index in [-0.39, 0.29) is 34.0 Å². The van der Waals surface area contributed by atoms with Crippen molar-refractivity contribution in [1.82, 2.24) is 0 Å². The van der Waals surface area contributed by atoms with Gasteiger partial charge in [0.2, 0.25) is 0 Å². The van der Waals surface area contributed by atoms with E-state index in [0.717, 1.165) is 13.0 Å². The first-order valence-corrected chi connectivity index (χ1v) is 7.16. The van der Waals surface area contributed by atoms with Gasteiger partial charge in [0.1, 0.15) is 34.0 Å². The molecule has 4 N–H and O–H groups in total. The van der Waals surface area contributed by atoms with Gasteiger partial charge in [-0.1, -0.05) is 0 Å². The fraction of sp³-hybridized carbons (Fsp3) is 0.235. The van der Waals surface area contributed by atoms with Gasteiger partial charge in [0.15, 0.2) is 11.6 Å². The zero-order chi connectivity index (χ0) is 18.0. The molecule has 3 rings (SSSR count). The molecule has 1 aromatic rings. The molecule has 7 heteroatoms. The number of primary amides is 1. The monoisotopic (exact) mass is 329 g/mol. The van der Waals surface area contributed by atoms with E-state index in [0.29, 0.717) is 5.56 Å². The van der Waals surface area contributed by atoms with E-state index in [2.05, 4.69) is 0 Å². The lowest BCUT2D eigenvalue weighted by Crippen LogP contribution is -2.38. The Morgan fingerprint density at radius 2 is 1.92 bits per heavy atom. The molecule has 1 amide bonds. The fourth-order valence-corrected chi connectivity index (χ4v) is 3.30. The number of allylic oxidation sites excluding steroid dienone is 3. The Balaban J connectivity index is 2.37. The maximum atomic E-state index is 12.9. The number of Topliss-reactive ketones (excluding diaryl/α,β-unsaturated/α-hetero) is 2. The third-order valence-electron chi connectivity index (χ3n) is 4.47. The molecule has 1 atom stereocenters. The highest BCUT2D eigenvalue weighted by molar-refractivity contribution is 6.25. The number of phenolic OH excluding ortho intramolecular Hbond substituents is 1. The number of rotatable bonds is 2. The molecule has 0 saturated carbocycles. The maximum absolute atomic E-state index is 12.9. The molecule has 2 aliphatic rings. The Labute approximate surface area is 137 Å². The fourth-order valence-electron chi connectivity index (χ4n) is 3.30. The summed E-state index contributed by atoms with van der Waals surface area (Å²) in [6.07, 6.45) is 1.15. The summed E-state index contributed by atoms with van der Waals surface area (Å²) in [6, 6.07) is 1.31. The van der Waals surface area contributed by atoms with Gasteiger partial charge in [0, 0.05) is 6.08 Å². The van der Waals surface area contributed by atoms with Crippen LogP contribution in [0.4, 0.5) is 0 Å². The van der Waals surface area contributed by atoms with Crippen LogP contribution in [0, 0.1) is 6.92 Å². The first-order chi connectivity index (χ1) is 11.1. The predicted octanol–water partition coefficient (Wildman–Crippen LogP) is 1.32. The highest BCUT2D eigenvalue weighted by atomic mass is 16.5. The SMILES string of the molecule is CC(=O)C1=C(O)C=C2Oc3c(C(N)=O)c(C)cc(O)c3C2(C)C1=O. The number of ether oxygens (including phenoxy) is 1. The van der Waals surface area contributed by atoms with E-state index in [4.69, 9.17) is 10.5 Å². The van der Waals surface area contributed by atoms with E-state index in [9.17, 15) is 24.6 Å². The predicted molar refractivity (Wildman–Crippen MR) is 82.8 cm³/mol. The van der Waals surface area contributed by atoms with Crippen LogP contribution in [-0.2, 0) is 15.0 Å². The third kappa shape index (κ3) is 1.75. The van der Waals surface area contributed by atoms with Crippen LogP contribution in [0.1, 0.15) is 35.3 Å². The summed E-state index contributed by atoms with van der Waals surface area (Å²) < 4.78 is 5.61. The standard InChI is InChI=1S/C17H15NO6/c1-6-4-9(21)13-14(11(6)16(18)23)24-10-5-8(20)12(7(2)19)15(22)17(10,13)3/h4-5,20-21H,1-3H3,(H2,18,23). The quantitative estimate of drug-likeness (QED) is 0.702. The molecule has 0 fully saturated rings. The molecular weight excluding hydrogens is 314 g/mol. The molecule has 0 saturated heterocycles. The second kappa shape index (κ2) is 4.70. The molecule has 1 unspecified atom stereocenters. The summed E-state index contributed by atoms with van der Waals surface area (Å²) in [5.41, 5.74) is 3.97. The summed E-state index contributed by atoms with van der Waals surface area (Å²) in [4.78, 5) is 36.4. The molecule has 1 aromatic carbocycles. The van der Waals surface area contributed by atoms with Crippen LogP contribution in [0.2, 0.25) is 0 Å². The number of aliphatic hydroxyl groups is 1. The van der Waals surface area contributed by atoms with E-state index < -0.39 is 28.6 Å². The van der Waals surface area contributed by atoms with Crippen molar-refractivity contribution in [2.75, 3.05) is 0 Å². The summed E-state index contributed by atoms with van der Waals surface area (Å²) in [6.45, 7) is 4.19. The molecule has 1 heterocycles. The number of fused-ring (bicyclic) bond motifs is 3. The van der Waals surface area contributed by atoms with Gasteiger partial charge >= 0.3 is 0 Å². The van der Waals surface area contributed by atoms with Crippen molar-refractivity contribution in [3.63, 3.8) is 0 Å². The topological polar surface area (TPSA) is 127 Å². The van der Waals surface area contributed by atoms with Gasteiger partial charge in [-0.25, -0.2) is 0 Å². The molecule has 0 radical (unpaired) electrons. The Morgan fingerprint density at radius 3 is 2.46 bits per heavy atom. The molecule has 1 aliphatic carbocycles. The van der Waals surface area contributed by atoms with E-state index in [1.807, 2.05) is 0 Å². The number of aryl methyl sites for hydroxylation is 1. The first kappa shape index (κ1) is 15.8. The van der Waals surface area contributed by atoms with E-state index in [1.54, 1.807) is 6.92 Å². The number of aliphatic hydroxyl groups excluding tert-OH is 1. The number of nitrogens with two attached hydrogens (primary N) is 1. The van der Waals surface area contributed by atoms with Gasteiger partial charge in [-0.15, -0.1) is 0 Å². The van der Waals surface area contributed by atoms with Crippen molar-refractivity contribution in [1.29, 1.82) is 0 Å². The molecule has 24 heavy (non-hydrogen) atoms. The van der Waals surface area contributed by atoms with Gasteiger partial charge in [0.25, 0.3) is 5.91 Å². The van der Waals surface area contributed by atoms with Crippen LogP contribution in [-0.4, -0.2) is 27.7 Å². The second-order valence-electron chi connectivity index (χ2n) is 6.04. The van der Waals surface area contributed by atoms with Crippen LogP contribution in [0.3, 0.4) is 0 Å². The average Bonchev–Trinajstić information content (AvgIpc) is 2.72. The van der Waals surface area contributed by atoms with Gasteiger partial charge in [-0.3, -0.25) is 14.4 Å². The van der Waals surface area contributed by atoms with Crippen LogP contribution in [0.25, 0.3) is 0 Å². The molecule has 7 nitrogen and oxygen atoms in total. The minimum atomic E-state index is -1.52. The Bertz CT molecular complexity index is 908. The lowest BCUT2D eigenvalue weighted by Gasteiger charge is -2.27. The minimum absolute atomic E-state index is 0.0217. The molecule has 0 aromatic heterocycles. The van der Waals surface area contributed by atoms with Crippen LogP contribution in [0.5, 0.6) is 11.5 Å². The van der Waals surface area contributed by atoms with Crippen molar-refractivity contribution in [2.45, 2.75) is 26.2 Å². The molecule has 0 bridgehead atoms. The largest absolute Gasteiger partial charge is 0.507 e. The van der Waals surface area contributed by atoms with Crippen LogP contribution < -0.4 is 10.5 Å². The van der Waals surface area contributed by atoms with Crippen molar-refractivity contribution < 1.29 is 29.3 Å². The zero-order valence-corrected chi connectivity index (χ0v) is 13.3. The van der Waals surface area contributed by atoms with Gasteiger partial charge < -0.3 is 20.7 Å². The number of carbonyl (C=O) groups is 3. The highest BCUT2D eigenvalue weighted by Gasteiger charge is 2.55. The number of benzene rings is 1. The Hall–Kier alpha value is -3.09. The third-order valence-corrected chi connectivity index (χ3v) is 4.47. The number of carbonyl (C=O) groups excluding carboxylic acids is 3. The van der Waals surface area contributed by atoms with Crippen LogP contribution >= 0.6 is 0 Å². The average molecular weight is 329 g/mol. The maximum Gasteiger partial charge on any atom is 0.252 e. The van der Waals surface area contributed by atoms with Gasteiger partial charge in [0.05, 0.1) is 11.1 Å². The van der Waals surface area contributed by atoms with Gasteiger partial charge in [-0.2, -0.15) is 0 Å². The normalized spacial score (nSPS) is 21.8. The lowest BCUT2D eigenvalue weighted by molar-refractivity contribution is -0.123. The number of phenols is 1. The molecule has 0 spiro atoms. The molecule has 124 valence electrons. The van der Waals surface area contributed by atoms with Crippen LogP contribution in [0.15, 0.2) is 29.2 Å². The second-order valence-corrected chi connectivity index (χ2v) is 6.04. The number of amides is 1. The van der Waals surface area contributed by atoms with E-state index >= 15 is 0 Å². The lowest BCUT2D eigenvalue weighted by atomic mass is 9.71. The number of hydrogen-bond donors (Lipinski definition) is 3. The van der Waals surface area contributed by atoms with Crippen molar-refractivity contribution in [3.8, 4) is 11.5 Å². The summed E-state index contributed by atoms with van der Waals surface area (Å²) in [5, 5.41) is 20.3. The van der Waals surface area contributed by atoms with Gasteiger partial charge in [-0.05, 0) is 32.4 Å². The molecular formula is C17H15NO6. The zero-order valence-electron chi connectivity index (χ0n) is 13.3. The summed E-state index contributed by atoms with van der Waals surface area (Å²) >= 11 is 0. The number of aromatic hydroxyl groups is 1. The van der Waals surface area contributed by atoms with Crippen molar-refractivity contribution in [3.05, 3.63) is 45.9 Å². The minimum Gasteiger partial charge on any atom is -0.507 e. The summed E-state index contributed by atoms with van der Waals surface area (Å²) in [7, 11) is 0. The number of hydrogen-bond acceptors (Lipinski definition) is 6. The summed E-state index contributed by atoms with van der Waals surface area (Å²) in [5.74, 6) is -2.86. The van der Waals surface area contributed by atoms with E-state index in [1.165, 1.54) is 13.0 Å². The van der Waals surface area contributed by atoms with Crippen molar-refractivity contribution in [2.24, 2.45) is 5.73 Å². The Kier molecular flexibility index (Phi) is 3.09. The first-order valence-electron chi connectivity index (χ1n) is 7.16. The smallest absolute Gasteiger partial charge is 0.252 e. The molecule has 1 aliphatic heterocycles.